The number of halogens is 3. The summed E-state index contributed by atoms with van der Waals surface area (Å²) in [6.07, 6.45) is -2.01. The first-order chi connectivity index (χ1) is 22.0. The number of hydrogen-bond acceptors (Lipinski definition) is 5. The van der Waals surface area contributed by atoms with Crippen LogP contribution in [0, 0.1) is 6.92 Å². The van der Waals surface area contributed by atoms with Gasteiger partial charge >= 0.3 is 6.36 Å². The lowest BCUT2D eigenvalue weighted by atomic mass is 10.0. The van der Waals surface area contributed by atoms with E-state index >= 15 is 0 Å². The molecule has 0 fully saturated rings. The third kappa shape index (κ3) is 8.60. The van der Waals surface area contributed by atoms with Gasteiger partial charge in [0, 0.05) is 28.5 Å². The van der Waals surface area contributed by atoms with Gasteiger partial charge in [0.1, 0.15) is 17.3 Å². The van der Waals surface area contributed by atoms with Gasteiger partial charge in [0.25, 0.3) is 0 Å². The molecule has 0 bridgehead atoms. The number of rotatable bonds is 10. The van der Waals surface area contributed by atoms with Crippen LogP contribution in [0.15, 0.2) is 120 Å². The standard InChI is InChI=1S/C36H27F3N2O5/c1-23-7-9-24(10-8-23)21-34(43)41-31-18-13-27(22-30(31)35(44)26-5-3-2-4-6-26)40-33(42)20-17-28-16-19-32(45-28)25-11-14-29(15-12-25)46-36(37,38)39/h2-20,22H,21H2,1H3,(H,40,42)(H,41,43)/b20-17+. The number of anilines is 2. The molecule has 232 valence electrons. The Balaban J connectivity index is 1.28. The van der Waals surface area contributed by atoms with Crippen molar-refractivity contribution in [3.05, 3.63) is 143 Å². The highest BCUT2D eigenvalue weighted by molar-refractivity contribution is 6.15. The number of carbonyl (C=O) groups is 3. The lowest BCUT2D eigenvalue weighted by Gasteiger charge is -2.13. The second-order valence-corrected chi connectivity index (χ2v) is 10.3. The lowest BCUT2D eigenvalue weighted by Crippen LogP contribution is -2.18. The predicted octanol–water partition coefficient (Wildman–Crippen LogP) is 8.22. The molecule has 7 nitrogen and oxygen atoms in total. The minimum absolute atomic E-state index is 0.120. The van der Waals surface area contributed by atoms with Gasteiger partial charge in [-0.15, -0.1) is 13.2 Å². The SMILES string of the molecule is Cc1ccc(CC(=O)Nc2ccc(NC(=O)/C=C/c3ccc(-c4ccc(OC(F)(F)F)cc4)o3)cc2C(=O)c2ccccc2)cc1. The zero-order valence-electron chi connectivity index (χ0n) is 24.4. The Morgan fingerprint density at radius 3 is 2.24 bits per heavy atom. The number of carbonyl (C=O) groups excluding carboxylic acids is 3. The van der Waals surface area contributed by atoms with Crippen LogP contribution in [0.25, 0.3) is 17.4 Å². The maximum Gasteiger partial charge on any atom is 0.573 e. The number of ether oxygens (including phenoxy) is 1. The molecule has 0 radical (unpaired) electrons. The Morgan fingerprint density at radius 1 is 0.826 bits per heavy atom. The summed E-state index contributed by atoms with van der Waals surface area (Å²) in [5.41, 5.74) is 3.66. The highest BCUT2D eigenvalue weighted by Crippen LogP contribution is 2.28. The fourth-order valence-corrected chi connectivity index (χ4v) is 4.51. The number of furan rings is 1. The van der Waals surface area contributed by atoms with Gasteiger partial charge in [0.05, 0.1) is 12.1 Å². The topological polar surface area (TPSA) is 97.6 Å². The van der Waals surface area contributed by atoms with Gasteiger partial charge in [0.15, 0.2) is 5.78 Å². The van der Waals surface area contributed by atoms with Crippen molar-refractivity contribution in [1.29, 1.82) is 0 Å². The van der Waals surface area contributed by atoms with Crippen LogP contribution >= 0.6 is 0 Å². The maximum atomic E-state index is 13.4. The van der Waals surface area contributed by atoms with E-state index in [0.717, 1.165) is 11.1 Å². The number of amides is 2. The Hall–Kier alpha value is -5.90. The molecule has 46 heavy (non-hydrogen) atoms. The molecule has 0 saturated carbocycles. The van der Waals surface area contributed by atoms with Crippen LogP contribution in [0.5, 0.6) is 5.75 Å². The molecular formula is C36H27F3N2O5. The largest absolute Gasteiger partial charge is 0.573 e. The lowest BCUT2D eigenvalue weighted by molar-refractivity contribution is -0.274. The Kier molecular flexibility index (Phi) is 9.47. The number of alkyl halides is 3. The normalized spacial score (nSPS) is 11.3. The van der Waals surface area contributed by atoms with E-state index in [1.54, 1.807) is 54.6 Å². The molecular weight excluding hydrogens is 597 g/mol. The molecule has 4 aromatic carbocycles. The summed E-state index contributed by atoms with van der Waals surface area (Å²) in [6, 6.07) is 29.2. The number of benzene rings is 4. The summed E-state index contributed by atoms with van der Waals surface area (Å²) in [7, 11) is 0. The zero-order valence-corrected chi connectivity index (χ0v) is 24.4. The second kappa shape index (κ2) is 13.8. The molecule has 0 unspecified atom stereocenters. The van der Waals surface area contributed by atoms with Crippen molar-refractivity contribution in [3.8, 4) is 17.1 Å². The zero-order chi connectivity index (χ0) is 32.7. The summed E-state index contributed by atoms with van der Waals surface area (Å²) in [5.74, 6) is -0.796. The fourth-order valence-electron chi connectivity index (χ4n) is 4.51. The molecule has 1 aromatic heterocycles. The van der Waals surface area contributed by atoms with Crippen LogP contribution in [0.2, 0.25) is 0 Å². The molecule has 0 spiro atoms. The monoisotopic (exact) mass is 624 g/mol. The minimum atomic E-state index is -4.79. The molecule has 2 N–H and O–H groups in total. The minimum Gasteiger partial charge on any atom is -0.457 e. The number of aryl methyl sites for hydroxylation is 1. The summed E-state index contributed by atoms with van der Waals surface area (Å²) in [4.78, 5) is 39.1. The van der Waals surface area contributed by atoms with Crippen molar-refractivity contribution in [1.82, 2.24) is 0 Å². The highest BCUT2D eigenvalue weighted by atomic mass is 19.4. The Bertz CT molecular complexity index is 1880. The summed E-state index contributed by atoms with van der Waals surface area (Å²) in [6.45, 7) is 1.96. The van der Waals surface area contributed by atoms with E-state index in [4.69, 9.17) is 4.42 Å². The molecule has 0 aliphatic rings. The number of ketones is 1. The summed E-state index contributed by atoms with van der Waals surface area (Å²) < 4.78 is 46.8. The van der Waals surface area contributed by atoms with Crippen LogP contribution in [-0.2, 0) is 16.0 Å². The average molecular weight is 625 g/mol. The average Bonchev–Trinajstić information content (AvgIpc) is 3.51. The van der Waals surface area contributed by atoms with Crippen molar-refractivity contribution in [3.63, 3.8) is 0 Å². The van der Waals surface area contributed by atoms with Crippen LogP contribution < -0.4 is 15.4 Å². The van der Waals surface area contributed by atoms with E-state index in [1.165, 1.54) is 42.5 Å². The third-order valence-electron chi connectivity index (χ3n) is 6.73. The quantitative estimate of drug-likeness (QED) is 0.121. The van der Waals surface area contributed by atoms with E-state index in [1.807, 2.05) is 31.2 Å². The summed E-state index contributed by atoms with van der Waals surface area (Å²) >= 11 is 0. The first-order valence-electron chi connectivity index (χ1n) is 14.1. The molecule has 10 heteroatoms. The molecule has 2 amide bonds. The van der Waals surface area contributed by atoms with Crippen LogP contribution in [0.1, 0.15) is 32.8 Å². The van der Waals surface area contributed by atoms with Gasteiger partial charge in [0.2, 0.25) is 11.8 Å². The van der Waals surface area contributed by atoms with E-state index < -0.39 is 12.3 Å². The second-order valence-electron chi connectivity index (χ2n) is 10.3. The predicted molar refractivity (Wildman–Crippen MR) is 168 cm³/mol. The van der Waals surface area contributed by atoms with E-state index in [0.29, 0.717) is 34.0 Å². The first-order valence-corrected chi connectivity index (χ1v) is 14.1. The van der Waals surface area contributed by atoms with Crippen molar-refractivity contribution in [2.24, 2.45) is 0 Å². The van der Waals surface area contributed by atoms with E-state index in [-0.39, 0.29) is 29.4 Å². The summed E-state index contributed by atoms with van der Waals surface area (Å²) in [5, 5.41) is 5.53. The molecule has 1 heterocycles. The first kappa shape index (κ1) is 31.5. The van der Waals surface area contributed by atoms with Gasteiger partial charge in [-0.1, -0.05) is 60.2 Å². The third-order valence-corrected chi connectivity index (χ3v) is 6.73. The van der Waals surface area contributed by atoms with Crippen LogP contribution in [0.4, 0.5) is 24.5 Å². The van der Waals surface area contributed by atoms with Crippen molar-refractivity contribution in [2.45, 2.75) is 19.7 Å². The van der Waals surface area contributed by atoms with E-state index in [2.05, 4.69) is 15.4 Å². The van der Waals surface area contributed by atoms with Crippen LogP contribution in [-0.4, -0.2) is 24.0 Å². The molecule has 0 aliphatic heterocycles. The molecule has 0 atom stereocenters. The smallest absolute Gasteiger partial charge is 0.457 e. The molecule has 0 aliphatic carbocycles. The van der Waals surface area contributed by atoms with Gasteiger partial charge in [-0.3, -0.25) is 14.4 Å². The van der Waals surface area contributed by atoms with Gasteiger partial charge in [-0.05, 0) is 73.2 Å². The van der Waals surface area contributed by atoms with Gasteiger partial charge < -0.3 is 19.8 Å². The van der Waals surface area contributed by atoms with Crippen LogP contribution in [0.3, 0.4) is 0 Å². The van der Waals surface area contributed by atoms with Crippen molar-refractivity contribution in [2.75, 3.05) is 10.6 Å². The number of nitrogens with one attached hydrogen (secondary N) is 2. The Morgan fingerprint density at radius 2 is 1.54 bits per heavy atom. The molecule has 0 saturated heterocycles. The van der Waals surface area contributed by atoms with Crippen molar-refractivity contribution >= 4 is 35.0 Å². The van der Waals surface area contributed by atoms with Gasteiger partial charge in [-0.25, -0.2) is 0 Å². The highest BCUT2D eigenvalue weighted by Gasteiger charge is 2.31. The van der Waals surface area contributed by atoms with Crippen molar-refractivity contribution < 1.29 is 36.7 Å². The molecule has 5 rings (SSSR count). The number of hydrogen-bond donors (Lipinski definition) is 2. The van der Waals surface area contributed by atoms with Gasteiger partial charge in [-0.2, -0.15) is 0 Å². The fraction of sp³-hybridized carbons (Fsp3) is 0.0833. The van der Waals surface area contributed by atoms with E-state index in [9.17, 15) is 27.6 Å². The Labute approximate surface area is 262 Å². The molecule has 5 aromatic rings. The maximum absolute atomic E-state index is 13.4.